The van der Waals surface area contributed by atoms with Crippen molar-refractivity contribution in [3.63, 3.8) is 0 Å². The highest BCUT2D eigenvalue weighted by Crippen LogP contribution is 2.32. The highest BCUT2D eigenvalue weighted by molar-refractivity contribution is 6.72. The zero-order valence-electron chi connectivity index (χ0n) is 10.4. The van der Waals surface area contributed by atoms with Crippen LogP contribution in [0.2, 0.25) is 18.6 Å². The van der Waals surface area contributed by atoms with Gasteiger partial charge in [-0.1, -0.05) is 43.7 Å². The highest BCUT2D eigenvalue weighted by atomic mass is 28.4. The fourth-order valence-electron chi connectivity index (χ4n) is 2.70. The molecule has 1 fully saturated rings. The Balaban J connectivity index is 1.98. The summed E-state index contributed by atoms with van der Waals surface area (Å²) in [5.74, 6) is 0.649. The molecule has 1 aliphatic heterocycles. The Bertz CT molecular complexity index is 317. The van der Waals surface area contributed by atoms with Crippen molar-refractivity contribution < 1.29 is 4.43 Å². The molecule has 1 aromatic rings. The quantitative estimate of drug-likeness (QED) is 0.713. The van der Waals surface area contributed by atoms with Crippen molar-refractivity contribution in [2.45, 2.75) is 44.3 Å². The van der Waals surface area contributed by atoms with Crippen LogP contribution in [0.25, 0.3) is 0 Å². The van der Waals surface area contributed by atoms with Crippen LogP contribution in [-0.2, 0) is 4.43 Å². The summed E-state index contributed by atoms with van der Waals surface area (Å²) in [4.78, 5) is 0. The summed E-state index contributed by atoms with van der Waals surface area (Å²) in [6.07, 6.45) is 2.65. The van der Waals surface area contributed by atoms with Gasteiger partial charge in [0.05, 0.1) is 0 Å². The van der Waals surface area contributed by atoms with E-state index in [1.807, 2.05) is 0 Å². The maximum Gasteiger partial charge on any atom is 0.190 e. The lowest BCUT2D eigenvalue weighted by molar-refractivity contribution is 0.268. The van der Waals surface area contributed by atoms with E-state index >= 15 is 0 Å². The number of hydrogen-bond donors (Lipinski definition) is 0. The van der Waals surface area contributed by atoms with Gasteiger partial charge in [-0.2, -0.15) is 0 Å². The lowest BCUT2D eigenvalue weighted by Crippen LogP contribution is -2.38. The van der Waals surface area contributed by atoms with E-state index < -0.39 is 8.32 Å². The fourth-order valence-corrected chi connectivity index (χ4v) is 6.33. The van der Waals surface area contributed by atoms with Crippen molar-refractivity contribution >= 4 is 8.32 Å². The molecular weight excluding hydrogens is 212 g/mol. The summed E-state index contributed by atoms with van der Waals surface area (Å²) >= 11 is 0. The first-order chi connectivity index (χ1) is 7.70. The van der Waals surface area contributed by atoms with Crippen LogP contribution in [0.15, 0.2) is 30.3 Å². The van der Waals surface area contributed by atoms with Gasteiger partial charge in [0.25, 0.3) is 0 Å². The standard InChI is InChI=1S/C14H22OSi/c1-13(14-8-4-3-5-9-14)12-16(2)11-7-6-10-15-16/h3-5,8-9,13H,6-7,10-12H2,1-2H3. The third-order valence-corrected chi connectivity index (χ3v) is 7.45. The number of benzene rings is 1. The zero-order valence-corrected chi connectivity index (χ0v) is 11.4. The molecule has 0 saturated carbocycles. The van der Waals surface area contributed by atoms with Crippen molar-refractivity contribution in [2.24, 2.45) is 0 Å². The molecule has 0 N–H and O–H groups in total. The van der Waals surface area contributed by atoms with E-state index in [2.05, 4.69) is 43.8 Å². The summed E-state index contributed by atoms with van der Waals surface area (Å²) in [6.45, 7) is 5.75. The maximum absolute atomic E-state index is 6.10. The molecule has 0 bridgehead atoms. The predicted octanol–water partition coefficient (Wildman–Crippen LogP) is 4.18. The lowest BCUT2D eigenvalue weighted by atomic mass is 10.0. The third kappa shape index (κ3) is 2.95. The van der Waals surface area contributed by atoms with Gasteiger partial charge in [0.1, 0.15) is 0 Å². The van der Waals surface area contributed by atoms with E-state index in [0.717, 1.165) is 6.61 Å². The van der Waals surface area contributed by atoms with E-state index in [4.69, 9.17) is 4.43 Å². The van der Waals surface area contributed by atoms with Gasteiger partial charge in [-0.25, -0.2) is 0 Å². The normalized spacial score (nSPS) is 27.6. The Morgan fingerprint density at radius 1 is 1.25 bits per heavy atom. The molecule has 0 spiro atoms. The van der Waals surface area contributed by atoms with Crippen LogP contribution in [0, 0.1) is 0 Å². The first kappa shape index (κ1) is 11.9. The van der Waals surface area contributed by atoms with Crippen LogP contribution in [0.3, 0.4) is 0 Å². The number of rotatable bonds is 3. The van der Waals surface area contributed by atoms with E-state index in [1.54, 1.807) is 0 Å². The topological polar surface area (TPSA) is 9.23 Å². The van der Waals surface area contributed by atoms with Crippen LogP contribution in [0.5, 0.6) is 0 Å². The summed E-state index contributed by atoms with van der Waals surface area (Å²) in [5, 5.41) is 0. The Kier molecular flexibility index (Phi) is 3.82. The Hall–Kier alpha value is -0.603. The Morgan fingerprint density at radius 2 is 2.00 bits per heavy atom. The van der Waals surface area contributed by atoms with E-state index in [9.17, 15) is 0 Å². The average molecular weight is 234 g/mol. The minimum absolute atomic E-state index is 0.649. The van der Waals surface area contributed by atoms with E-state index in [1.165, 1.54) is 30.5 Å². The Morgan fingerprint density at radius 3 is 2.62 bits per heavy atom. The zero-order chi connectivity index (χ0) is 11.4. The van der Waals surface area contributed by atoms with Crippen LogP contribution in [0.4, 0.5) is 0 Å². The second kappa shape index (κ2) is 5.15. The fraction of sp³-hybridized carbons (Fsp3) is 0.571. The van der Waals surface area contributed by atoms with Crippen LogP contribution < -0.4 is 0 Å². The molecule has 0 aromatic heterocycles. The summed E-state index contributed by atoms with van der Waals surface area (Å²) < 4.78 is 6.10. The first-order valence-electron chi connectivity index (χ1n) is 6.38. The minimum atomic E-state index is -1.38. The molecule has 1 saturated heterocycles. The highest BCUT2D eigenvalue weighted by Gasteiger charge is 2.33. The van der Waals surface area contributed by atoms with Gasteiger partial charge in [-0.15, -0.1) is 0 Å². The van der Waals surface area contributed by atoms with E-state index in [0.29, 0.717) is 5.92 Å². The van der Waals surface area contributed by atoms with Crippen molar-refractivity contribution in [3.05, 3.63) is 35.9 Å². The van der Waals surface area contributed by atoms with Crippen LogP contribution in [-0.4, -0.2) is 14.9 Å². The van der Waals surface area contributed by atoms with Gasteiger partial charge < -0.3 is 4.43 Å². The molecule has 88 valence electrons. The predicted molar refractivity (Wildman–Crippen MR) is 71.3 cm³/mol. The molecule has 1 nitrogen and oxygen atoms in total. The van der Waals surface area contributed by atoms with Crippen LogP contribution >= 0.6 is 0 Å². The van der Waals surface area contributed by atoms with Crippen LogP contribution in [0.1, 0.15) is 31.2 Å². The molecular formula is C14H22OSi. The van der Waals surface area contributed by atoms with E-state index in [-0.39, 0.29) is 0 Å². The largest absolute Gasteiger partial charge is 0.417 e. The Labute approximate surface area is 100.0 Å². The lowest BCUT2D eigenvalue weighted by Gasteiger charge is -2.33. The molecule has 0 aliphatic carbocycles. The SMILES string of the molecule is CC(C[Si]1(C)CCCCO1)c1ccccc1. The van der Waals surface area contributed by atoms with Gasteiger partial charge >= 0.3 is 0 Å². The van der Waals surface area contributed by atoms with Crippen molar-refractivity contribution in [1.29, 1.82) is 0 Å². The third-order valence-electron chi connectivity index (χ3n) is 3.66. The second-order valence-electron chi connectivity index (χ2n) is 5.27. The molecule has 16 heavy (non-hydrogen) atoms. The van der Waals surface area contributed by atoms with Gasteiger partial charge in [0, 0.05) is 6.61 Å². The van der Waals surface area contributed by atoms with Gasteiger partial charge in [0.2, 0.25) is 0 Å². The summed E-state index contributed by atoms with van der Waals surface area (Å²) in [6, 6.07) is 13.5. The van der Waals surface area contributed by atoms with Gasteiger partial charge in [-0.05, 0) is 36.5 Å². The molecule has 2 unspecified atom stereocenters. The van der Waals surface area contributed by atoms with Crippen molar-refractivity contribution in [3.8, 4) is 0 Å². The molecule has 2 atom stereocenters. The maximum atomic E-state index is 6.10. The molecule has 1 aliphatic rings. The smallest absolute Gasteiger partial charge is 0.190 e. The molecule has 2 rings (SSSR count). The average Bonchev–Trinajstić information content (AvgIpc) is 2.30. The molecule has 2 heteroatoms. The van der Waals surface area contributed by atoms with Crippen molar-refractivity contribution in [2.75, 3.05) is 6.61 Å². The van der Waals surface area contributed by atoms with Gasteiger partial charge in [0.15, 0.2) is 8.32 Å². The molecule has 1 aromatic carbocycles. The number of hydrogen-bond acceptors (Lipinski definition) is 1. The first-order valence-corrected chi connectivity index (χ1v) is 9.21. The van der Waals surface area contributed by atoms with Gasteiger partial charge in [-0.3, -0.25) is 0 Å². The summed E-state index contributed by atoms with van der Waals surface area (Å²) in [5.41, 5.74) is 1.46. The minimum Gasteiger partial charge on any atom is -0.417 e. The summed E-state index contributed by atoms with van der Waals surface area (Å²) in [7, 11) is -1.38. The molecule has 0 amide bonds. The second-order valence-corrected chi connectivity index (χ2v) is 9.37. The van der Waals surface area contributed by atoms with Crippen molar-refractivity contribution in [1.82, 2.24) is 0 Å². The molecule has 0 radical (unpaired) electrons. The molecule has 1 heterocycles. The monoisotopic (exact) mass is 234 g/mol.